The van der Waals surface area contributed by atoms with Crippen molar-refractivity contribution in [3.63, 3.8) is 0 Å². The van der Waals surface area contributed by atoms with E-state index in [1.165, 1.54) is 12.8 Å². The average Bonchev–Trinajstić information content (AvgIpc) is 2.55. The second-order valence-corrected chi connectivity index (χ2v) is 7.18. The number of amides is 2. The van der Waals surface area contributed by atoms with Crippen molar-refractivity contribution in [3.05, 3.63) is 0 Å². The first kappa shape index (κ1) is 18.2. The van der Waals surface area contributed by atoms with E-state index in [-0.39, 0.29) is 17.7 Å². The van der Waals surface area contributed by atoms with Crippen molar-refractivity contribution >= 4 is 11.8 Å². The number of carbonyl (C=O) groups is 2. The van der Waals surface area contributed by atoms with Crippen molar-refractivity contribution in [1.29, 1.82) is 0 Å². The normalized spacial score (nSPS) is 29.0. The highest BCUT2D eigenvalue weighted by atomic mass is 16.2. The van der Waals surface area contributed by atoms with Gasteiger partial charge in [-0.3, -0.25) is 14.5 Å². The number of rotatable bonds is 6. The van der Waals surface area contributed by atoms with Gasteiger partial charge >= 0.3 is 0 Å². The van der Waals surface area contributed by atoms with E-state index >= 15 is 0 Å². The van der Waals surface area contributed by atoms with Crippen LogP contribution in [0.4, 0.5) is 0 Å². The molecule has 1 aliphatic carbocycles. The minimum atomic E-state index is -0.0152. The van der Waals surface area contributed by atoms with Crippen LogP contribution in [0.1, 0.15) is 45.4 Å². The fraction of sp³-hybridized carbons (Fsp3) is 0.882. The predicted octanol–water partition coefficient (Wildman–Crippen LogP) is 0.468. The maximum absolute atomic E-state index is 12.2. The minimum absolute atomic E-state index is 0.0152. The van der Waals surface area contributed by atoms with Crippen LogP contribution in [0.3, 0.4) is 0 Å². The monoisotopic (exact) mass is 324 g/mol. The Hall–Kier alpha value is -1.14. The number of hydrogen-bond acceptors (Lipinski definition) is 4. The third-order valence-corrected chi connectivity index (χ3v) is 5.07. The standard InChI is InChI=1S/C17H32N4O2/c1-13-4-6-15(7-5-13)20-16(22)12-21-10-2-3-14(11-21)17(23)19-9-8-18/h13-15H,2-12,18H2,1H3,(H,19,23)(H,20,22). The van der Waals surface area contributed by atoms with Gasteiger partial charge in [0.2, 0.25) is 11.8 Å². The summed E-state index contributed by atoms with van der Waals surface area (Å²) in [6, 6.07) is 0.340. The van der Waals surface area contributed by atoms with Crippen LogP contribution in [0, 0.1) is 11.8 Å². The molecule has 6 heteroatoms. The lowest BCUT2D eigenvalue weighted by Crippen LogP contribution is -2.48. The summed E-state index contributed by atoms with van der Waals surface area (Å²) in [6.07, 6.45) is 6.47. The maximum atomic E-state index is 12.2. The van der Waals surface area contributed by atoms with Crippen molar-refractivity contribution in [1.82, 2.24) is 15.5 Å². The van der Waals surface area contributed by atoms with Crippen LogP contribution in [0.5, 0.6) is 0 Å². The third-order valence-electron chi connectivity index (χ3n) is 5.07. The summed E-state index contributed by atoms with van der Waals surface area (Å²) in [6.45, 7) is 5.25. The SMILES string of the molecule is CC1CCC(NC(=O)CN2CCCC(C(=O)NCCN)C2)CC1. The molecule has 1 unspecified atom stereocenters. The topological polar surface area (TPSA) is 87.5 Å². The Bertz CT molecular complexity index is 394. The van der Waals surface area contributed by atoms with Crippen LogP contribution in [0.2, 0.25) is 0 Å². The number of carbonyl (C=O) groups excluding carboxylic acids is 2. The van der Waals surface area contributed by atoms with Crippen LogP contribution in [-0.4, -0.2) is 55.5 Å². The molecule has 6 nitrogen and oxygen atoms in total. The number of piperidine rings is 1. The van der Waals surface area contributed by atoms with E-state index < -0.39 is 0 Å². The lowest BCUT2D eigenvalue weighted by Gasteiger charge is -2.32. The number of nitrogens with zero attached hydrogens (tertiary/aromatic N) is 1. The fourth-order valence-electron chi connectivity index (χ4n) is 3.63. The van der Waals surface area contributed by atoms with Crippen LogP contribution in [0.25, 0.3) is 0 Å². The molecule has 0 radical (unpaired) electrons. The number of nitrogens with one attached hydrogen (secondary N) is 2. The second kappa shape index (κ2) is 9.23. The molecule has 0 aromatic carbocycles. The Morgan fingerprint density at radius 3 is 2.61 bits per heavy atom. The highest BCUT2D eigenvalue weighted by Crippen LogP contribution is 2.23. The largest absolute Gasteiger partial charge is 0.355 e. The molecule has 1 saturated heterocycles. The summed E-state index contributed by atoms with van der Waals surface area (Å²) in [4.78, 5) is 26.4. The van der Waals surface area contributed by atoms with E-state index in [1.54, 1.807) is 0 Å². The molecule has 1 atom stereocenters. The summed E-state index contributed by atoms with van der Waals surface area (Å²) in [5.41, 5.74) is 5.42. The molecule has 2 fully saturated rings. The van der Waals surface area contributed by atoms with E-state index in [4.69, 9.17) is 5.73 Å². The lowest BCUT2D eigenvalue weighted by molar-refractivity contribution is -0.129. The van der Waals surface area contributed by atoms with Crippen molar-refractivity contribution in [2.24, 2.45) is 17.6 Å². The Labute approximate surface area is 139 Å². The van der Waals surface area contributed by atoms with Gasteiger partial charge < -0.3 is 16.4 Å². The Kier molecular flexibility index (Phi) is 7.30. The molecule has 2 aliphatic rings. The smallest absolute Gasteiger partial charge is 0.234 e. The number of nitrogens with two attached hydrogens (primary N) is 1. The molecular weight excluding hydrogens is 292 g/mol. The molecule has 0 spiro atoms. The Balaban J connectivity index is 1.71. The van der Waals surface area contributed by atoms with Crippen LogP contribution in [-0.2, 0) is 9.59 Å². The number of likely N-dealkylation sites (tertiary alicyclic amines) is 1. The van der Waals surface area contributed by atoms with Crippen molar-refractivity contribution in [2.75, 3.05) is 32.7 Å². The fourth-order valence-corrected chi connectivity index (χ4v) is 3.63. The summed E-state index contributed by atoms with van der Waals surface area (Å²) in [5.74, 6) is 0.950. The summed E-state index contributed by atoms with van der Waals surface area (Å²) in [5, 5.41) is 6.02. The minimum Gasteiger partial charge on any atom is -0.355 e. The molecule has 1 saturated carbocycles. The zero-order valence-electron chi connectivity index (χ0n) is 14.4. The first-order chi connectivity index (χ1) is 11.1. The van der Waals surface area contributed by atoms with Crippen LogP contribution >= 0.6 is 0 Å². The van der Waals surface area contributed by atoms with Crippen molar-refractivity contribution in [2.45, 2.75) is 51.5 Å². The van der Waals surface area contributed by atoms with Gasteiger partial charge in [0.15, 0.2) is 0 Å². The van der Waals surface area contributed by atoms with Crippen molar-refractivity contribution in [3.8, 4) is 0 Å². The molecule has 0 aromatic heterocycles. The van der Waals surface area contributed by atoms with Gasteiger partial charge in [0.1, 0.15) is 0 Å². The molecule has 0 aromatic rings. The van der Waals surface area contributed by atoms with Gasteiger partial charge in [0, 0.05) is 25.7 Å². The Morgan fingerprint density at radius 2 is 1.91 bits per heavy atom. The van der Waals surface area contributed by atoms with E-state index in [2.05, 4.69) is 22.5 Å². The van der Waals surface area contributed by atoms with Crippen LogP contribution < -0.4 is 16.4 Å². The molecule has 1 aliphatic heterocycles. The van der Waals surface area contributed by atoms with Crippen LogP contribution in [0.15, 0.2) is 0 Å². The maximum Gasteiger partial charge on any atom is 0.234 e. The highest BCUT2D eigenvalue weighted by Gasteiger charge is 2.27. The van der Waals surface area contributed by atoms with E-state index in [0.717, 1.165) is 38.1 Å². The third kappa shape index (κ3) is 6.11. The molecule has 2 amide bonds. The molecule has 23 heavy (non-hydrogen) atoms. The zero-order valence-corrected chi connectivity index (χ0v) is 14.4. The zero-order chi connectivity index (χ0) is 16.7. The van der Waals surface area contributed by atoms with Gasteiger partial charge in [-0.25, -0.2) is 0 Å². The van der Waals surface area contributed by atoms with E-state index in [9.17, 15) is 9.59 Å². The molecule has 2 rings (SSSR count). The van der Waals surface area contributed by atoms with E-state index in [0.29, 0.717) is 32.2 Å². The van der Waals surface area contributed by atoms with Gasteiger partial charge in [-0.1, -0.05) is 6.92 Å². The average molecular weight is 324 g/mol. The quantitative estimate of drug-likeness (QED) is 0.663. The van der Waals surface area contributed by atoms with Gasteiger partial charge in [-0.15, -0.1) is 0 Å². The highest BCUT2D eigenvalue weighted by molar-refractivity contribution is 5.80. The van der Waals surface area contributed by atoms with Gasteiger partial charge in [-0.05, 0) is 51.0 Å². The van der Waals surface area contributed by atoms with E-state index in [1.807, 2.05) is 0 Å². The summed E-state index contributed by atoms with van der Waals surface area (Å²) >= 11 is 0. The molecular formula is C17H32N4O2. The molecule has 0 bridgehead atoms. The lowest BCUT2D eigenvalue weighted by atomic mass is 9.87. The molecule has 4 N–H and O–H groups in total. The summed E-state index contributed by atoms with van der Waals surface area (Å²) < 4.78 is 0. The summed E-state index contributed by atoms with van der Waals surface area (Å²) in [7, 11) is 0. The first-order valence-corrected chi connectivity index (χ1v) is 9.08. The molecule has 132 valence electrons. The Morgan fingerprint density at radius 1 is 1.17 bits per heavy atom. The second-order valence-electron chi connectivity index (χ2n) is 7.18. The van der Waals surface area contributed by atoms with Gasteiger partial charge in [0.25, 0.3) is 0 Å². The molecule has 1 heterocycles. The van der Waals surface area contributed by atoms with Gasteiger partial charge in [0.05, 0.1) is 12.5 Å². The predicted molar refractivity (Wildman–Crippen MR) is 90.8 cm³/mol. The number of hydrogen-bond donors (Lipinski definition) is 3. The first-order valence-electron chi connectivity index (χ1n) is 9.08. The van der Waals surface area contributed by atoms with Gasteiger partial charge in [-0.2, -0.15) is 0 Å². The van der Waals surface area contributed by atoms with Crippen molar-refractivity contribution < 1.29 is 9.59 Å².